The first kappa shape index (κ1) is 14.9. The van der Waals surface area contributed by atoms with Gasteiger partial charge in [-0.1, -0.05) is 6.92 Å². The van der Waals surface area contributed by atoms with E-state index in [0.29, 0.717) is 11.6 Å². The number of nitrogens with one attached hydrogen (secondary N) is 1. The Labute approximate surface area is 120 Å². The fourth-order valence-corrected chi connectivity index (χ4v) is 2.59. The lowest BCUT2D eigenvalue weighted by molar-refractivity contribution is 0.0600. The van der Waals surface area contributed by atoms with Crippen molar-refractivity contribution in [3.8, 4) is 0 Å². The van der Waals surface area contributed by atoms with Crippen molar-refractivity contribution in [3.05, 3.63) is 29.6 Å². The van der Waals surface area contributed by atoms with Crippen LogP contribution in [0, 0.1) is 0 Å². The molecule has 1 atom stereocenters. The third kappa shape index (κ3) is 3.77. The summed E-state index contributed by atoms with van der Waals surface area (Å²) in [6.45, 7) is 6.26. The molecule has 0 amide bonds. The number of hydrogen-bond acceptors (Lipinski definition) is 5. The van der Waals surface area contributed by atoms with Gasteiger partial charge in [0.15, 0.2) is 0 Å². The van der Waals surface area contributed by atoms with Crippen LogP contribution in [0.25, 0.3) is 0 Å². The Morgan fingerprint density at radius 2 is 2.40 bits per heavy atom. The van der Waals surface area contributed by atoms with Crippen LogP contribution >= 0.6 is 0 Å². The zero-order valence-electron chi connectivity index (χ0n) is 12.3. The zero-order valence-corrected chi connectivity index (χ0v) is 12.3. The van der Waals surface area contributed by atoms with Gasteiger partial charge in [-0.3, -0.25) is 9.88 Å². The number of hydrogen-bond donors (Lipinski definition) is 1. The van der Waals surface area contributed by atoms with E-state index in [1.807, 2.05) is 6.07 Å². The van der Waals surface area contributed by atoms with Crippen LogP contribution < -0.4 is 5.32 Å². The van der Waals surface area contributed by atoms with Crippen LogP contribution in [0.3, 0.4) is 0 Å². The fourth-order valence-electron chi connectivity index (χ4n) is 2.59. The maximum atomic E-state index is 11.4. The minimum atomic E-state index is -0.338. The summed E-state index contributed by atoms with van der Waals surface area (Å²) in [6, 6.07) is 4.29. The molecular formula is C15H23N3O2. The molecule has 2 heterocycles. The molecule has 0 radical (unpaired) electrons. The van der Waals surface area contributed by atoms with Crippen LogP contribution in [0.1, 0.15) is 35.8 Å². The van der Waals surface area contributed by atoms with E-state index in [-0.39, 0.29) is 5.97 Å². The van der Waals surface area contributed by atoms with Gasteiger partial charge in [0.1, 0.15) is 0 Å². The summed E-state index contributed by atoms with van der Waals surface area (Å²) in [6.07, 6.45) is 3.93. The molecule has 5 nitrogen and oxygen atoms in total. The Bertz CT molecular complexity index is 427. The molecule has 1 aromatic rings. The minimum Gasteiger partial charge on any atom is -0.465 e. The van der Waals surface area contributed by atoms with Crippen LogP contribution in [-0.4, -0.2) is 48.6 Å². The molecule has 1 aliphatic heterocycles. The highest BCUT2D eigenvalue weighted by Crippen LogP contribution is 2.13. The average molecular weight is 277 g/mol. The average Bonchev–Trinajstić information content (AvgIpc) is 3.01. The number of carbonyl (C=O) groups is 1. The first-order chi connectivity index (χ1) is 9.74. The Kier molecular flexibility index (Phi) is 5.49. The van der Waals surface area contributed by atoms with E-state index in [0.717, 1.165) is 38.3 Å². The van der Waals surface area contributed by atoms with Gasteiger partial charge >= 0.3 is 5.97 Å². The summed E-state index contributed by atoms with van der Waals surface area (Å²) in [7, 11) is 1.38. The zero-order chi connectivity index (χ0) is 14.4. The van der Waals surface area contributed by atoms with E-state index in [4.69, 9.17) is 0 Å². The van der Waals surface area contributed by atoms with Gasteiger partial charge in [-0.2, -0.15) is 0 Å². The van der Waals surface area contributed by atoms with Crippen molar-refractivity contribution < 1.29 is 9.53 Å². The topological polar surface area (TPSA) is 54.5 Å². The van der Waals surface area contributed by atoms with E-state index < -0.39 is 0 Å². The number of ether oxygens (including phenoxy) is 1. The molecule has 0 bridgehead atoms. The SMILES string of the molecule is CCCN(Cc1ccc(C(=O)OC)cn1)C1CCNC1. The summed E-state index contributed by atoms with van der Waals surface area (Å²) in [5.41, 5.74) is 1.50. The van der Waals surface area contributed by atoms with Crippen molar-refractivity contribution in [1.29, 1.82) is 0 Å². The molecule has 1 fully saturated rings. The molecule has 0 aromatic carbocycles. The number of methoxy groups -OCH3 is 1. The number of nitrogens with zero attached hydrogens (tertiary/aromatic N) is 2. The second-order valence-corrected chi connectivity index (χ2v) is 5.15. The van der Waals surface area contributed by atoms with Gasteiger partial charge in [-0.05, 0) is 38.1 Å². The first-order valence-electron chi connectivity index (χ1n) is 7.22. The van der Waals surface area contributed by atoms with Crippen molar-refractivity contribution >= 4 is 5.97 Å². The fraction of sp³-hybridized carbons (Fsp3) is 0.600. The number of pyridine rings is 1. The smallest absolute Gasteiger partial charge is 0.339 e. The van der Waals surface area contributed by atoms with E-state index >= 15 is 0 Å². The number of aromatic nitrogens is 1. The van der Waals surface area contributed by atoms with E-state index in [9.17, 15) is 4.79 Å². The highest BCUT2D eigenvalue weighted by Gasteiger charge is 2.22. The number of rotatable bonds is 6. The minimum absolute atomic E-state index is 0.338. The summed E-state index contributed by atoms with van der Waals surface area (Å²) in [4.78, 5) is 18.2. The summed E-state index contributed by atoms with van der Waals surface area (Å²) in [5.74, 6) is -0.338. The lowest BCUT2D eigenvalue weighted by atomic mass is 10.2. The van der Waals surface area contributed by atoms with Gasteiger partial charge in [-0.25, -0.2) is 4.79 Å². The third-order valence-electron chi connectivity index (χ3n) is 3.67. The molecule has 5 heteroatoms. The summed E-state index contributed by atoms with van der Waals surface area (Å²) in [5, 5.41) is 3.41. The van der Waals surface area contributed by atoms with Gasteiger partial charge in [0.25, 0.3) is 0 Å². The highest BCUT2D eigenvalue weighted by atomic mass is 16.5. The standard InChI is InChI=1S/C15H23N3O2/c1-3-8-18(14-6-7-16-10-14)11-13-5-4-12(9-17-13)15(19)20-2/h4-5,9,14,16H,3,6-8,10-11H2,1-2H3. The molecule has 0 spiro atoms. The molecule has 1 aromatic heterocycles. The van der Waals surface area contributed by atoms with E-state index in [2.05, 4.69) is 26.9 Å². The lowest BCUT2D eigenvalue weighted by Crippen LogP contribution is -2.37. The van der Waals surface area contributed by atoms with Gasteiger partial charge in [0.05, 0.1) is 18.4 Å². The number of carbonyl (C=O) groups excluding carboxylic acids is 1. The van der Waals surface area contributed by atoms with Crippen LogP contribution in [-0.2, 0) is 11.3 Å². The molecule has 20 heavy (non-hydrogen) atoms. The van der Waals surface area contributed by atoms with Crippen molar-refractivity contribution in [1.82, 2.24) is 15.2 Å². The van der Waals surface area contributed by atoms with E-state index in [1.165, 1.54) is 13.5 Å². The van der Waals surface area contributed by atoms with Crippen LogP contribution in [0.4, 0.5) is 0 Å². The van der Waals surface area contributed by atoms with Crippen LogP contribution in [0.5, 0.6) is 0 Å². The second kappa shape index (κ2) is 7.36. The molecule has 0 aliphatic carbocycles. The Morgan fingerprint density at radius 1 is 1.55 bits per heavy atom. The van der Waals surface area contributed by atoms with Gasteiger partial charge in [0.2, 0.25) is 0 Å². The summed E-state index contributed by atoms with van der Waals surface area (Å²) >= 11 is 0. The maximum Gasteiger partial charge on any atom is 0.339 e. The second-order valence-electron chi connectivity index (χ2n) is 5.15. The highest BCUT2D eigenvalue weighted by molar-refractivity contribution is 5.88. The van der Waals surface area contributed by atoms with Crippen molar-refractivity contribution in [2.45, 2.75) is 32.4 Å². The normalized spacial score (nSPS) is 18.4. The molecule has 1 unspecified atom stereocenters. The largest absolute Gasteiger partial charge is 0.465 e. The van der Waals surface area contributed by atoms with E-state index in [1.54, 1.807) is 12.3 Å². The van der Waals surface area contributed by atoms with Crippen LogP contribution in [0.15, 0.2) is 18.3 Å². The first-order valence-corrected chi connectivity index (χ1v) is 7.22. The molecule has 110 valence electrons. The van der Waals surface area contributed by atoms with Crippen molar-refractivity contribution in [3.63, 3.8) is 0 Å². The third-order valence-corrected chi connectivity index (χ3v) is 3.67. The Balaban J connectivity index is 2.00. The number of esters is 1. The Morgan fingerprint density at radius 3 is 2.95 bits per heavy atom. The van der Waals surface area contributed by atoms with Crippen molar-refractivity contribution in [2.24, 2.45) is 0 Å². The molecule has 1 saturated heterocycles. The van der Waals surface area contributed by atoms with Gasteiger partial charge in [0, 0.05) is 25.3 Å². The molecule has 1 N–H and O–H groups in total. The lowest BCUT2D eigenvalue weighted by Gasteiger charge is -2.27. The van der Waals surface area contributed by atoms with Crippen molar-refractivity contribution in [2.75, 3.05) is 26.7 Å². The van der Waals surface area contributed by atoms with Crippen LogP contribution in [0.2, 0.25) is 0 Å². The molecule has 1 aliphatic rings. The predicted molar refractivity (Wildman–Crippen MR) is 77.6 cm³/mol. The Hall–Kier alpha value is -1.46. The van der Waals surface area contributed by atoms with Gasteiger partial charge < -0.3 is 10.1 Å². The maximum absolute atomic E-state index is 11.4. The molecule has 2 rings (SSSR count). The molecule has 0 saturated carbocycles. The monoisotopic (exact) mass is 277 g/mol. The predicted octanol–water partition coefficient (Wildman–Crippen LogP) is 1.44. The molecular weight excluding hydrogens is 254 g/mol. The quantitative estimate of drug-likeness (QED) is 0.797. The van der Waals surface area contributed by atoms with Gasteiger partial charge in [-0.15, -0.1) is 0 Å². The summed E-state index contributed by atoms with van der Waals surface area (Å²) < 4.78 is 4.68.